The molecule has 104 valence electrons. The van der Waals surface area contributed by atoms with E-state index in [0.717, 1.165) is 26.1 Å². The highest BCUT2D eigenvalue weighted by Gasteiger charge is 2.27. The molecule has 0 aliphatic carbocycles. The molecular formula is C13H23NO4. The lowest BCUT2D eigenvalue weighted by Crippen LogP contribution is -2.41. The lowest BCUT2D eigenvalue weighted by atomic mass is 10.00. The predicted octanol–water partition coefficient (Wildman–Crippen LogP) is 1.21. The monoisotopic (exact) mass is 257 g/mol. The van der Waals surface area contributed by atoms with Gasteiger partial charge in [-0.1, -0.05) is 0 Å². The van der Waals surface area contributed by atoms with Gasteiger partial charge in [-0.25, -0.2) is 4.79 Å². The molecule has 1 heterocycles. The van der Waals surface area contributed by atoms with Crippen LogP contribution in [0.25, 0.3) is 0 Å². The first-order valence-corrected chi connectivity index (χ1v) is 6.36. The molecule has 1 rings (SSSR count). The number of ether oxygens (including phenoxy) is 2. The van der Waals surface area contributed by atoms with Crippen LogP contribution in [0.3, 0.4) is 0 Å². The summed E-state index contributed by atoms with van der Waals surface area (Å²) in [5, 5.41) is 0. The maximum Gasteiger partial charge on any atom is 0.397 e. The Bertz CT molecular complexity index is 303. The van der Waals surface area contributed by atoms with Crippen LogP contribution >= 0.6 is 0 Å². The van der Waals surface area contributed by atoms with Gasteiger partial charge in [0.05, 0.1) is 0 Å². The molecule has 1 saturated heterocycles. The van der Waals surface area contributed by atoms with Crippen LogP contribution < -0.4 is 0 Å². The number of carbonyl (C=O) groups excluding carboxylic acids is 2. The molecule has 0 atom stereocenters. The maximum absolute atomic E-state index is 11.8. The fourth-order valence-electron chi connectivity index (χ4n) is 1.88. The van der Waals surface area contributed by atoms with Crippen molar-refractivity contribution in [3.05, 3.63) is 0 Å². The molecule has 0 aromatic rings. The van der Waals surface area contributed by atoms with Crippen LogP contribution in [0.15, 0.2) is 0 Å². The molecule has 1 aliphatic heterocycles. The summed E-state index contributed by atoms with van der Waals surface area (Å²) in [5.74, 6) is -0.941. The van der Waals surface area contributed by atoms with Gasteiger partial charge in [-0.2, -0.15) is 0 Å². The van der Waals surface area contributed by atoms with Crippen LogP contribution in [0.4, 0.5) is 0 Å². The zero-order valence-electron chi connectivity index (χ0n) is 11.7. The van der Waals surface area contributed by atoms with Gasteiger partial charge in [-0.3, -0.25) is 4.79 Å². The minimum absolute atomic E-state index is 0.412. The Hall–Kier alpha value is -1.10. The largest absolute Gasteiger partial charge is 0.453 e. The van der Waals surface area contributed by atoms with Crippen molar-refractivity contribution >= 4 is 11.9 Å². The SMILES string of the molecule is CN(CC1CCOCC1)C(=O)C(=O)OC(C)(C)C. The van der Waals surface area contributed by atoms with Crippen molar-refractivity contribution in [2.75, 3.05) is 26.8 Å². The van der Waals surface area contributed by atoms with Crippen molar-refractivity contribution in [2.24, 2.45) is 5.92 Å². The number of esters is 1. The second-order valence-corrected chi connectivity index (χ2v) is 5.74. The molecule has 18 heavy (non-hydrogen) atoms. The number of nitrogens with zero attached hydrogens (tertiary/aromatic N) is 1. The second kappa shape index (κ2) is 6.18. The molecule has 0 aromatic heterocycles. The Balaban J connectivity index is 2.42. The van der Waals surface area contributed by atoms with E-state index in [1.54, 1.807) is 27.8 Å². The Kier molecular flexibility index (Phi) is 5.14. The molecule has 0 N–H and O–H groups in total. The first-order chi connectivity index (χ1) is 8.29. The van der Waals surface area contributed by atoms with Crippen molar-refractivity contribution in [1.29, 1.82) is 0 Å². The predicted molar refractivity (Wildman–Crippen MR) is 67.0 cm³/mol. The summed E-state index contributed by atoms with van der Waals surface area (Å²) >= 11 is 0. The average molecular weight is 257 g/mol. The summed E-state index contributed by atoms with van der Waals surface area (Å²) in [4.78, 5) is 24.9. The summed E-state index contributed by atoms with van der Waals surface area (Å²) in [6, 6.07) is 0. The van der Waals surface area contributed by atoms with E-state index in [0.29, 0.717) is 12.5 Å². The van der Waals surface area contributed by atoms with E-state index in [4.69, 9.17) is 9.47 Å². The normalized spacial score (nSPS) is 17.3. The lowest BCUT2D eigenvalue weighted by molar-refractivity contribution is -0.167. The van der Waals surface area contributed by atoms with Crippen LogP contribution in [-0.4, -0.2) is 49.2 Å². The van der Waals surface area contributed by atoms with E-state index in [-0.39, 0.29) is 0 Å². The second-order valence-electron chi connectivity index (χ2n) is 5.74. The smallest absolute Gasteiger partial charge is 0.397 e. The van der Waals surface area contributed by atoms with Crippen LogP contribution in [-0.2, 0) is 19.1 Å². The summed E-state index contributed by atoms with van der Waals surface area (Å²) in [7, 11) is 1.64. The summed E-state index contributed by atoms with van der Waals surface area (Å²) in [6.45, 7) is 7.30. The Morgan fingerprint density at radius 2 is 1.83 bits per heavy atom. The van der Waals surface area contributed by atoms with Gasteiger partial charge in [0.1, 0.15) is 5.60 Å². The maximum atomic E-state index is 11.8. The number of likely N-dealkylation sites (N-methyl/N-ethyl adjacent to an activating group) is 1. The van der Waals surface area contributed by atoms with Crippen molar-refractivity contribution in [2.45, 2.75) is 39.2 Å². The van der Waals surface area contributed by atoms with Crippen molar-refractivity contribution in [3.63, 3.8) is 0 Å². The highest BCUT2D eigenvalue weighted by Crippen LogP contribution is 2.16. The minimum Gasteiger partial charge on any atom is -0.453 e. The number of carbonyl (C=O) groups is 2. The summed E-state index contributed by atoms with van der Waals surface area (Å²) in [6.07, 6.45) is 1.87. The molecule has 0 bridgehead atoms. The van der Waals surface area contributed by atoms with E-state index in [9.17, 15) is 9.59 Å². The molecule has 0 unspecified atom stereocenters. The third kappa shape index (κ3) is 5.04. The van der Waals surface area contributed by atoms with Crippen molar-refractivity contribution in [3.8, 4) is 0 Å². The first kappa shape index (κ1) is 15.0. The Morgan fingerprint density at radius 1 is 1.28 bits per heavy atom. The summed E-state index contributed by atoms with van der Waals surface area (Å²) in [5.41, 5.74) is -0.633. The van der Waals surface area contributed by atoms with Crippen LogP contribution in [0.1, 0.15) is 33.6 Å². The first-order valence-electron chi connectivity index (χ1n) is 6.36. The number of hydrogen-bond acceptors (Lipinski definition) is 4. The van der Waals surface area contributed by atoms with Crippen LogP contribution in [0.2, 0.25) is 0 Å². The number of hydrogen-bond donors (Lipinski definition) is 0. The highest BCUT2D eigenvalue weighted by atomic mass is 16.6. The van der Waals surface area contributed by atoms with Gasteiger partial charge >= 0.3 is 11.9 Å². The molecule has 5 heteroatoms. The average Bonchev–Trinajstić information content (AvgIpc) is 2.27. The van der Waals surface area contributed by atoms with Gasteiger partial charge in [-0.05, 0) is 39.5 Å². The van der Waals surface area contributed by atoms with E-state index in [1.165, 1.54) is 4.90 Å². The Morgan fingerprint density at radius 3 is 2.33 bits per heavy atom. The third-order valence-electron chi connectivity index (χ3n) is 2.79. The van der Waals surface area contributed by atoms with Gasteiger partial charge in [0.2, 0.25) is 0 Å². The van der Waals surface area contributed by atoms with Crippen molar-refractivity contribution in [1.82, 2.24) is 4.90 Å². The lowest BCUT2D eigenvalue weighted by Gasteiger charge is -2.27. The molecule has 1 aliphatic rings. The molecule has 0 radical (unpaired) electrons. The minimum atomic E-state index is -0.781. The topological polar surface area (TPSA) is 55.8 Å². The van der Waals surface area contributed by atoms with Gasteiger partial charge in [0.25, 0.3) is 0 Å². The fraction of sp³-hybridized carbons (Fsp3) is 0.846. The third-order valence-corrected chi connectivity index (χ3v) is 2.79. The molecule has 0 saturated carbocycles. The van der Waals surface area contributed by atoms with E-state index < -0.39 is 17.5 Å². The molecule has 0 spiro atoms. The molecule has 1 amide bonds. The highest BCUT2D eigenvalue weighted by molar-refractivity contribution is 6.32. The van der Waals surface area contributed by atoms with Crippen LogP contribution in [0.5, 0.6) is 0 Å². The molecular weight excluding hydrogens is 234 g/mol. The number of rotatable bonds is 2. The van der Waals surface area contributed by atoms with Gasteiger partial charge in [0.15, 0.2) is 0 Å². The van der Waals surface area contributed by atoms with Gasteiger partial charge in [0, 0.05) is 26.8 Å². The number of amides is 1. The van der Waals surface area contributed by atoms with E-state index in [1.807, 2.05) is 0 Å². The molecule has 1 fully saturated rings. The van der Waals surface area contributed by atoms with Crippen LogP contribution in [0, 0.1) is 5.92 Å². The molecule has 5 nitrogen and oxygen atoms in total. The fourth-order valence-corrected chi connectivity index (χ4v) is 1.88. The van der Waals surface area contributed by atoms with E-state index in [2.05, 4.69) is 0 Å². The zero-order chi connectivity index (χ0) is 13.8. The zero-order valence-corrected chi connectivity index (χ0v) is 11.7. The van der Waals surface area contributed by atoms with Crippen molar-refractivity contribution < 1.29 is 19.1 Å². The standard InChI is InChI=1S/C13H23NO4/c1-13(2,3)18-12(16)11(15)14(4)9-10-5-7-17-8-6-10/h10H,5-9H2,1-4H3. The quantitative estimate of drug-likeness (QED) is 0.551. The van der Waals surface area contributed by atoms with E-state index >= 15 is 0 Å². The van der Waals surface area contributed by atoms with Gasteiger partial charge in [-0.15, -0.1) is 0 Å². The molecule has 0 aromatic carbocycles. The van der Waals surface area contributed by atoms with Gasteiger partial charge < -0.3 is 14.4 Å². The summed E-state index contributed by atoms with van der Waals surface area (Å²) < 4.78 is 10.3. The Labute approximate surface area is 108 Å².